The molecule has 1 amide bonds. The molecule has 1 heterocycles. The highest BCUT2D eigenvalue weighted by Crippen LogP contribution is 2.33. The topological polar surface area (TPSA) is 104 Å². The molecule has 0 saturated heterocycles. The first-order chi connectivity index (χ1) is 14.5. The summed E-state index contributed by atoms with van der Waals surface area (Å²) in [5.74, 6) is 0.750. The fourth-order valence-corrected chi connectivity index (χ4v) is 3.25. The molecule has 0 aliphatic rings. The Kier molecular flexibility index (Phi) is 7.27. The molecule has 0 radical (unpaired) electrons. The Morgan fingerprint density at radius 3 is 2.80 bits per heavy atom. The van der Waals surface area contributed by atoms with Crippen molar-refractivity contribution in [1.82, 2.24) is 25.6 Å². The van der Waals surface area contributed by atoms with Gasteiger partial charge in [0.15, 0.2) is 11.5 Å². The van der Waals surface area contributed by atoms with Gasteiger partial charge in [0.2, 0.25) is 5.82 Å². The third-order valence-corrected chi connectivity index (χ3v) is 4.58. The van der Waals surface area contributed by atoms with Gasteiger partial charge in [-0.2, -0.15) is 9.90 Å². The largest absolute Gasteiger partial charge is 0.493 e. The van der Waals surface area contributed by atoms with Gasteiger partial charge in [-0.05, 0) is 76.7 Å². The van der Waals surface area contributed by atoms with E-state index in [4.69, 9.17) is 9.47 Å². The first kappa shape index (κ1) is 21.6. The van der Waals surface area contributed by atoms with Gasteiger partial charge in [0.05, 0.1) is 23.5 Å². The van der Waals surface area contributed by atoms with Crippen LogP contribution < -0.4 is 14.9 Å². The second kappa shape index (κ2) is 10.1. The van der Waals surface area contributed by atoms with Crippen LogP contribution in [0, 0.1) is 9.39 Å². The normalized spacial score (nSPS) is 10.9. The van der Waals surface area contributed by atoms with Crippen molar-refractivity contribution in [1.29, 1.82) is 0 Å². The van der Waals surface area contributed by atoms with Crippen molar-refractivity contribution in [2.45, 2.75) is 13.5 Å². The first-order valence-electron chi connectivity index (χ1n) is 8.86. The van der Waals surface area contributed by atoms with E-state index in [1.807, 2.05) is 13.0 Å². The molecule has 1 N–H and O–H groups in total. The van der Waals surface area contributed by atoms with E-state index < -0.39 is 5.91 Å². The van der Waals surface area contributed by atoms with Crippen LogP contribution >= 0.6 is 22.6 Å². The van der Waals surface area contributed by atoms with Gasteiger partial charge < -0.3 is 9.47 Å². The molecule has 0 aliphatic heterocycles. The summed E-state index contributed by atoms with van der Waals surface area (Å²) in [4.78, 5) is 13.2. The van der Waals surface area contributed by atoms with Gasteiger partial charge in [0, 0.05) is 5.56 Å². The molecule has 3 aromatic rings. The number of halogens is 2. The third kappa shape index (κ3) is 5.49. The van der Waals surface area contributed by atoms with Crippen molar-refractivity contribution in [3.05, 3.63) is 51.3 Å². The molecule has 0 spiro atoms. The number of hydrazone groups is 1. The van der Waals surface area contributed by atoms with E-state index >= 15 is 0 Å². The summed E-state index contributed by atoms with van der Waals surface area (Å²) in [7, 11) is 1.56. The molecule has 1 aromatic heterocycles. The number of nitrogens with zero attached hydrogens (tertiary/aromatic N) is 5. The maximum Gasteiger partial charge on any atom is 0.263 e. The van der Waals surface area contributed by atoms with E-state index in [1.165, 1.54) is 30.5 Å². The minimum Gasteiger partial charge on any atom is -0.493 e. The maximum absolute atomic E-state index is 13.0. The summed E-state index contributed by atoms with van der Waals surface area (Å²) >= 11 is 2.15. The van der Waals surface area contributed by atoms with Crippen LogP contribution in [0.2, 0.25) is 0 Å². The fourth-order valence-electron chi connectivity index (χ4n) is 2.47. The molecule has 11 heteroatoms. The minimum absolute atomic E-state index is 0.171. The number of ether oxygens (including phenoxy) is 2. The minimum atomic E-state index is -0.429. The number of rotatable bonds is 8. The fraction of sp³-hybridized carbons (Fsp3) is 0.211. The molecular weight excluding hydrogens is 506 g/mol. The standard InChI is InChI=1S/C19H18FIN6O3/c1-3-30-18-15(21)8-12(9-16(18)29-2)10-22-23-17(28)11-27-25-19(24-26-27)13-4-6-14(20)7-5-13/h4-10H,3,11H2,1-2H3,(H,23,28)/b22-10-. The zero-order valence-electron chi connectivity index (χ0n) is 16.2. The van der Waals surface area contributed by atoms with Crippen molar-refractivity contribution < 1.29 is 18.7 Å². The van der Waals surface area contributed by atoms with E-state index in [9.17, 15) is 9.18 Å². The Morgan fingerprint density at radius 1 is 1.33 bits per heavy atom. The van der Waals surface area contributed by atoms with Gasteiger partial charge in [0.25, 0.3) is 5.91 Å². The first-order valence-corrected chi connectivity index (χ1v) is 9.94. The Hall–Kier alpha value is -3.09. The number of amides is 1. The summed E-state index contributed by atoms with van der Waals surface area (Å²) in [6, 6.07) is 9.29. The quantitative estimate of drug-likeness (QED) is 0.276. The van der Waals surface area contributed by atoms with Crippen molar-refractivity contribution in [3.8, 4) is 22.9 Å². The molecule has 0 unspecified atom stereocenters. The summed E-state index contributed by atoms with van der Waals surface area (Å²) in [5.41, 5.74) is 3.74. The van der Waals surface area contributed by atoms with Gasteiger partial charge in [-0.3, -0.25) is 4.79 Å². The number of carbonyl (C=O) groups is 1. The van der Waals surface area contributed by atoms with Crippen LogP contribution in [0.15, 0.2) is 41.5 Å². The van der Waals surface area contributed by atoms with Crippen LogP contribution in [0.1, 0.15) is 12.5 Å². The molecule has 30 heavy (non-hydrogen) atoms. The highest BCUT2D eigenvalue weighted by atomic mass is 127. The molecule has 0 atom stereocenters. The van der Waals surface area contributed by atoms with E-state index in [1.54, 1.807) is 13.2 Å². The molecule has 0 bridgehead atoms. The van der Waals surface area contributed by atoms with Gasteiger partial charge >= 0.3 is 0 Å². The molecule has 0 fully saturated rings. The lowest BCUT2D eigenvalue weighted by Gasteiger charge is -2.12. The highest BCUT2D eigenvalue weighted by Gasteiger charge is 2.11. The van der Waals surface area contributed by atoms with Gasteiger partial charge in [-0.25, -0.2) is 9.82 Å². The average Bonchev–Trinajstić information content (AvgIpc) is 3.18. The number of tetrazole rings is 1. The number of nitrogens with one attached hydrogen (secondary N) is 1. The molecule has 156 valence electrons. The van der Waals surface area contributed by atoms with Gasteiger partial charge in [-0.1, -0.05) is 0 Å². The van der Waals surface area contributed by atoms with Crippen molar-refractivity contribution >= 4 is 34.7 Å². The number of methoxy groups -OCH3 is 1. The molecular formula is C19H18FIN6O3. The predicted octanol–water partition coefficient (Wildman–Crippen LogP) is 2.64. The monoisotopic (exact) mass is 524 g/mol. The van der Waals surface area contributed by atoms with E-state index in [-0.39, 0.29) is 12.4 Å². The zero-order chi connectivity index (χ0) is 21.5. The summed E-state index contributed by atoms with van der Waals surface area (Å²) in [5, 5.41) is 15.7. The van der Waals surface area contributed by atoms with Crippen molar-refractivity contribution in [2.75, 3.05) is 13.7 Å². The lowest BCUT2D eigenvalue weighted by atomic mass is 10.2. The van der Waals surface area contributed by atoms with Crippen LogP contribution in [0.4, 0.5) is 4.39 Å². The Morgan fingerprint density at radius 2 is 2.10 bits per heavy atom. The number of hydrogen-bond acceptors (Lipinski definition) is 7. The van der Waals surface area contributed by atoms with Crippen LogP contribution in [-0.2, 0) is 11.3 Å². The third-order valence-electron chi connectivity index (χ3n) is 3.78. The highest BCUT2D eigenvalue weighted by molar-refractivity contribution is 14.1. The summed E-state index contributed by atoms with van der Waals surface area (Å²) in [6.45, 7) is 2.25. The van der Waals surface area contributed by atoms with Crippen molar-refractivity contribution in [2.24, 2.45) is 5.10 Å². The van der Waals surface area contributed by atoms with Gasteiger partial charge in [0.1, 0.15) is 12.4 Å². The van der Waals surface area contributed by atoms with E-state index in [2.05, 4.69) is 48.5 Å². The van der Waals surface area contributed by atoms with Crippen LogP contribution in [0.5, 0.6) is 11.5 Å². The molecule has 0 saturated carbocycles. The summed E-state index contributed by atoms with van der Waals surface area (Å²) < 4.78 is 24.8. The SMILES string of the molecule is CCOc1c(I)cc(/C=N\NC(=O)Cn2nnc(-c3ccc(F)cc3)n2)cc1OC. The second-order valence-electron chi connectivity index (χ2n) is 5.91. The van der Waals surface area contributed by atoms with Crippen LogP contribution in [0.3, 0.4) is 0 Å². The number of benzene rings is 2. The van der Waals surface area contributed by atoms with Crippen molar-refractivity contribution in [3.63, 3.8) is 0 Å². The number of carbonyl (C=O) groups excluding carboxylic acids is 1. The predicted molar refractivity (Wildman–Crippen MR) is 116 cm³/mol. The Labute approximate surface area is 185 Å². The lowest BCUT2D eigenvalue weighted by molar-refractivity contribution is -0.122. The molecule has 2 aromatic carbocycles. The molecule has 0 aliphatic carbocycles. The Balaban J connectivity index is 1.60. The zero-order valence-corrected chi connectivity index (χ0v) is 18.3. The lowest BCUT2D eigenvalue weighted by Crippen LogP contribution is -2.24. The van der Waals surface area contributed by atoms with Crippen LogP contribution in [-0.4, -0.2) is 46.0 Å². The molecule has 3 rings (SSSR count). The average molecular weight is 524 g/mol. The smallest absolute Gasteiger partial charge is 0.263 e. The van der Waals surface area contributed by atoms with E-state index in [0.717, 1.165) is 13.9 Å². The van der Waals surface area contributed by atoms with Gasteiger partial charge in [-0.15, -0.1) is 10.2 Å². The number of aromatic nitrogens is 4. The van der Waals surface area contributed by atoms with Crippen LogP contribution in [0.25, 0.3) is 11.4 Å². The summed E-state index contributed by atoms with van der Waals surface area (Å²) in [6.07, 6.45) is 1.50. The molecule has 9 nitrogen and oxygen atoms in total. The Bertz CT molecular complexity index is 1050. The number of hydrogen-bond donors (Lipinski definition) is 1. The second-order valence-corrected chi connectivity index (χ2v) is 7.07. The van der Waals surface area contributed by atoms with E-state index in [0.29, 0.717) is 29.5 Å². The maximum atomic E-state index is 13.0.